The number of rotatable bonds is 4. The largest absolute Gasteiger partial charge is 0.480 e. The van der Waals surface area contributed by atoms with Crippen LogP contribution in [0.2, 0.25) is 0 Å². The molecule has 0 spiro atoms. The summed E-state index contributed by atoms with van der Waals surface area (Å²) in [6, 6.07) is 8.16. The Balaban J connectivity index is 2.00. The van der Waals surface area contributed by atoms with E-state index in [1.165, 1.54) is 38.0 Å². The fraction of sp³-hybridized carbons (Fsp3) is 0.0500. The summed E-state index contributed by atoms with van der Waals surface area (Å²) in [6.07, 6.45) is 4.15. The molecular weight excluding hydrogens is 414 g/mol. The minimum Gasteiger partial charge on any atom is -0.480 e. The van der Waals surface area contributed by atoms with E-state index >= 15 is 4.39 Å². The van der Waals surface area contributed by atoms with Crippen LogP contribution in [0, 0.1) is 11.6 Å². The summed E-state index contributed by atoms with van der Waals surface area (Å²) in [4.78, 5) is 11.3. The molecule has 0 bridgehead atoms. The zero-order valence-corrected chi connectivity index (χ0v) is 16.3. The Kier molecular flexibility index (Phi) is 4.88. The molecule has 4 rings (SSSR count). The minimum absolute atomic E-state index is 0.0905. The number of ether oxygens (including phenoxy) is 1. The van der Waals surface area contributed by atoms with Crippen molar-refractivity contribution in [1.29, 1.82) is 0 Å². The molecule has 0 aliphatic heterocycles. The topological polar surface area (TPSA) is 108 Å². The highest BCUT2D eigenvalue weighted by molar-refractivity contribution is 7.89. The van der Waals surface area contributed by atoms with Crippen LogP contribution < -0.4 is 9.88 Å². The van der Waals surface area contributed by atoms with E-state index in [1.807, 2.05) is 0 Å². The molecule has 2 aromatic heterocycles. The maximum Gasteiger partial charge on any atom is 0.244 e. The van der Waals surface area contributed by atoms with Crippen molar-refractivity contribution >= 4 is 20.9 Å². The van der Waals surface area contributed by atoms with Crippen molar-refractivity contribution < 1.29 is 21.9 Å². The lowest BCUT2D eigenvalue weighted by molar-refractivity contribution is 0.385. The van der Waals surface area contributed by atoms with Crippen molar-refractivity contribution in [3.63, 3.8) is 0 Å². The number of pyridine rings is 1. The van der Waals surface area contributed by atoms with E-state index in [4.69, 9.17) is 9.88 Å². The Bertz CT molecular complexity index is 1390. The molecule has 0 radical (unpaired) electrons. The van der Waals surface area contributed by atoms with Crippen LogP contribution in [-0.4, -0.2) is 30.5 Å². The summed E-state index contributed by atoms with van der Waals surface area (Å²) in [5.41, 5.74) is 0.274. The van der Waals surface area contributed by atoms with Crippen LogP contribution in [0.25, 0.3) is 33.2 Å². The van der Waals surface area contributed by atoms with Crippen molar-refractivity contribution in [2.24, 2.45) is 5.14 Å². The molecule has 0 saturated heterocycles. The Hall–Kier alpha value is -3.50. The number of benzene rings is 2. The van der Waals surface area contributed by atoms with Gasteiger partial charge in [-0.2, -0.15) is 0 Å². The van der Waals surface area contributed by atoms with E-state index in [0.29, 0.717) is 10.9 Å². The van der Waals surface area contributed by atoms with Crippen LogP contribution in [0.4, 0.5) is 8.78 Å². The first-order valence-electron chi connectivity index (χ1n) is 8.55. The van der Waals surface area contributed by atoms with Crippen molar-refractivity contribution in [2.75, 3.05) is 7.11 Å². The van der Waals surface area contributed by atoms with E-state index in [9.17, 15) is 12.8 Å². The molecule has 152 valence electrons. The van der Waals surface area contributed by atoms with Gasteiger partial charge in [-0.15, -0.1) is 0 Å². The Morgan fingerprint density at radius 2 is 1.83 bits per heavy atom. The standard InChI is InChI=1S/C20H14F2N4O3S/c1-29-20-19(30(23,27)28)14(6-7-25-20)13-3-4-15(21)17(18(13)22)11-2-5-16-12(8-11)9-24-10-26-16/h2-10H,1H3,(H2,23,27,28). The molecule has 2 heterocycles. The molecule has 0 atom stereocenters. The van der Waals surface area contributed by atoms with Crippen LogP contribution in [0.15, 0.2) is 60.0 Å². The molecule has 0 saturated carbocycles. The monoisotopic (exact) mass is 428 g/mol. The second-order valence-electron chi connectivity index (χ2n) is 6.32. The molecule has 7 nitrogen and oxygen atoms in total. The van der Waals surface area contributed by atoms with Crippen LogP contribution in [0.5, 0.6) is 5.88 Å². The highest BCUT2D eigenvalue weighted by Crippen LogP contribution is 2.38. The first kappa shape index (κ1) is 19.8. The highest BCUT2D eigenvalue weighted by atomic mass is 32.2. The van der Waals surface area contributed by atoms with Gasteiger partial charge in [0, 0.05) is 28.9 Å². The van der Waals surface area contributed by atoms with Crippen LogP contribution in [0.1, 0.15) is 0 Å². The summed E-state index contributed by atoms with van der Waals surface area (Å²) in [6.45, 7) is 0. The third-order valence-electron chi connectivity index (χ3n) is 4.52. The molecular formula is C20H14F2N4O3S. The Labute approximate surface area is 170 Å². The van der Waals surface area contributed by atoms with Gasteiger partial charge in [0.2, 0.25) is 15.9 Å². The molecule has 4 aromatic rings. The van der Waals surface area contributed by atoms with Crippen molar-refractivity contribution in [3.05, 3.63) is 66.8 Å². The third-order valence-corrected chi connectivity index (χ3v) is 5.49. The van der Waals surface area contributed by atoms with Crippen LogP contribution in [0.3, 0.4) is 0 Å². The Morgan fingerprint density at radius 1 is 1.03 bits per heavy atom. The minimum atomic E-state index is -4.32. The highest BCUT2D eigenvalue weighted by Gasteiger charge is 2.26. The van der Waals surface area contributed by atoms with Crippen molar-refractivity contribution in [3.8, 4) is 28.1 Å². The van der Waals surface area contributed by atoms with Gasteiger partial charge in [-0.3, -0.25) is 0 Å². The lowest BCUT2D eigenvalue weighted by Gasteiger charge is -2.14. The average molecular weight is 428 g/mol. The lowest BCUT2D eigenvalue weighted by atomic mass is 9.97. The molecule has 2 aromatic carbocycles. The van der Waals surface area contributed by atoms with Gasteiger partial charge in [-0.05, 0) is 35.9 Å². The molecule has 2 N–H and O–H groups in total. The molecule has 0 amide bonds. The summed E-state index contributed by atoms with van der Waals surface area (Å²) in [5.74, 6) is -2.06. The lowest BCUT2D eigenvalue weighted by Crippen LogP contribution is -2.16. The second-order valence-corrected chi connectivity index (χ2v) is 7.82. The normalized spacial score (nSPS) is 11.6. The molecule has 30 heavy (non-hydrogen) atoms. The molecule has 0 unspecified atom stereocenters. The molecule has 10 heteroatoms. The van der Waals surface area contributed by atoms with Gasteiger partial charge < -0.3 is 4.74 Å². The van der Waals surface area contributed by atoms with Crippen LogP contribution in [-0.2, 0) is 10.0 Å². The number of fused-ring (bicyclic) bond motifs is 1. The fourth-order valence-electron chi connectivity index (χ4n) is 3.23. The quantitative estimate of drug-likeness (QED) is 0.534. The number of hydrogen-bond donors (Lipinski definition) is 1. The number of aromatic nitrogens is 3. The van der Waals surface area contributed by atoms with Crippen LogP contribution >= 0.6 is 0 Å². The van der Waals surface area contributed by atoms with Crippen molar-refractivity contribution in [2.45, 2.75) is 4.90 Å². The van der Waals surface area contributed by atoms with Gasteiger partial charge in [-0.25, -0.2) is 37.3 Å². The van der Waals surface area contributed by atoms with E-state index in [1.54, 1.807) is 12.1 Å². The van der Waals surface area contributed by atoms with Crippen molar-refractivity contribution in [1.82, 2.24) is 15.0 Å². The fourth-order valence-corrected chi connectivity index (χ4v) is 4.09. The molecule has 0 aliphatic carbocycles. The summed E-state index contributed by atoms with van der Waals surface area (Å²) < 4.78 is 59.4. The van der Waals surface area contributed by atoms with Gasteiger partial charge in [0.25, 0.3) is 0 Å². The number of nitrogens with zero attached hydrogens (tertiary/aromatic N) is 3. The first-order valence-corrected chi connectivity index (χ1v) is 10.1. The number of primary sulfonamides is 1. The number of sulfonamides is 1. The van der Waals surface area contributed by atoms with Gasteiger partial charge in [0.15, 0.2) is 4.90 Å². The second kappa shape index (κ2) is 7.39. The summed E-state index contributed by atoms with van der Waals surface area (Å²) >= 11 is 0. The SMILES string of the molecule is COc1nccc(-c2ccc(F)c(-c3ccc4ncncc4c3)c2F)c1S(N)(=O)=O. The smallest absolute Gasteiger partial charge is 0.244 e. The van der Waals surface area contributed by atoms with E-state index in [2.05, 4.69) is 15.0 Å². The zero-order chi connectivity index (χ0) is 21.5. The van der Waals surface area contributed by atoms with E-state index < -0.39 is 26.6 Å². The number of methoxy groups -OCH3 is 1. The van der Waals surface area contributed by atoms with E-state index in [0.717, 1.165) is 12.1 Å². The third kappa shape index (κ3) is 3.36. The maximum atomic E-state index is 15.5. The Morgan fingerprint density at radius 3 is 2.57 bits per heavy atom. The molecule has 0 aliphatic rings. The maximum absolute atomic E-state index is 15.5. The molecule has 0 fully saturated rings. The van der Waals surface area contributed by atoms with Gasteiger partial charge in [0.05, 0.1) is 18.2 Å². The van der Waals surface area contributed by atoms with Gasteiger partial charge in [-0.1, -0.05) is 6.07 Å². The van der Waals surface area contributed by atoms with E-state index in [-0.39, 0.29) is 28.1 Å². The first-order chi connectivity index (χ1) is 14.3. The summed E-state index contributed by atoms with van der Waals surface area (Å²) in [5, 5.41) is 5.90. The van der Waals surface area contributed by atoms with Gasteiger partial charge in [0.1, 0.15) is 18.0 Å². The van der Waals surface area contributed by atoms with Gasteiger partial charge >= 0.3 is 0 Å². The average Bonchev–Trinajstić information content (AvgIpc) is 2.72. The predicted octanol–water partition coefficient (Wildman–Crippen LogP) is 3.29. The number of hydrogen-bond acceptors (Lipinski definition) is 6. The predicted molar refractivity (Wildman–Crippen MR) is 106 cm³/mol. The zero-order valence-electron chi connectivity index (χ0n) is 15.5. The number of halogens is 2. The number of nitrogens with two attached hydrogens (primary N) is 1. The summed E-state index contributed by atoms with van der Waals surface area (Å²) in [7, 11) is -3.11.